The van der Waals surface area contributed by atoms with Crippen LogP contribution in [0.1, 0.15) is 31.4 Å². The van der Waals surface area contributed by atoms with Gasteiger partial charge in [0.15, 0.2) is 0 Å². The Morgan fingerprint density at radius 3 is 2.89 bits per heavy atom. The quantitative estimate of drug-likeness (QED) is 0.790. The lowest BCUT2D eigenvalue weighted by Gasteiger charge is -2.21. The summed E-state index contributed by atoms with van der Waals surface area (Å²) in [5.74, 6) is -0.814. The zero-order chi connectivity index (χ0) is 14.4. The molecule has 0 fully saturated rings. The molecule has 0 saturated carbocycles. The minimum absolute atomic E-state index is 0.000636. The van der Waals surface area contributed by atoms with Crippen LogP contribution in [0.2, 0.25) is 5.02 Å². The minimum Gasteiger partial charge on any atom is -0.386 e. The van der Waals surface area contributed by atoms with E-state index in [1.165, 1.54) is 18.2 Å². The van der Waals surface area contributed by atoms with Gasteiger partial charge >= 0.3 is 0 Å². The molecule has 3 nitrogen and oxygen atoms in total. The zero-order valence-corrected chi connectivity index (χ0v) is 11.5. The zero-order valence-electron chi connectivity index (χ0n) is 10.7. The van der Waals surface area contributed by atoms with Crippen LogP contribution in [0, 0.1) is 5.82 Å². The number of halogens is 2. The van der Waals surface area contributed by atoms with E-state index in [9.17, 15) is 14.3 Å². The van der Waals surface area contributed by atoms with Crippen LogP contribution in [0.25, 0.3) is 0 Å². The number of aliphatic hydroxyl groups is 1. The molecule has 0 aliphatic heterocycles. The van der Waals surface area contributed by atoms with E-state index in [0.29, 0.717) is 6.42 Å². The van der Waals surface area contributed by atoms with Gasteiger partial charge in [-0.05, 0) is 25.5 Å². The van der Waals surface area contributed by atoms with E-state index in [0.717, 1.165) is 0 Å². The Morgan fingerprint density at radius 1 is 1.63 bits per heavy atom. The van der Waals surface area contributed by atoms with Gasteiger partial charge in [0.05, 0.1) is 6.04 Å². The maximum atomic E-state index is 13.6. The van der Waals surface area contributed by atoms with Gasteiger partial charge in [0.2, 0.25) is 5.91 Å². The molecule has 0 bridgehead atoms. The average Bonchev–Trinajstić information content (AvgIpc) is 2.35. The number of carbonyl (C=O) groups is 1. The predicted molar refractivity (Wildman–Crippen MR) is 73.4 cm³/mol. The number of amides is 1. The fourth-order valence-corrected chi connectivity index (χ4v) is 1.96. The molecule has 19 heavy (non-hydrogen) atoms. The van der Waals surface area contributed by atoms with Crippen LogP contribution >= 0.6 is 11.6 Å². The van der Waals surface area contributed by atoms with Gasteiger partial charge in [-0.2, -0.15) is 0 Å². The Labute approximate surface area is 117 Å². The molecule has 104 valence electrons. The van der Waals surface area contributed by atoms with E-state index in [-0.39, 0.29) is 22.9 Å². The van der Waals surface area contributed by atoms with Crippen molar-refractivity contribution in [3.63, 3.8) is 0 Å². The number of hydrogen-bond acceptors (Lipinski definition) is 2. The van der Waals surface area contributed by atoms with Crippen LogP contribution in [-0.2, 0) is 4.79 Å². The first kappa shape index (κ1) is 15.7. The lowest BCUT2D eigenvalue weighted by atomic mass is 10.0. The summed E-state index contributed by atoms with van der Waals surface area (Å²) in [6, 6.07) is 3.54. The third-order valence-corrected chi connectivity index (χ3v) is 3.06. The first-order valence-corrected chi connectivity index (χ1v) is 6.37. The number of hydrogen-bond donors (Lipinski definition) is 2. The largest absolute Gasteiger partial charge is 0.386 e. The third-order valence-electron chi connectivity index (χ3n) is 2.73. The summed E-state index contributed by atoms with van der Waals surface area (Å²) in [6.07, 6.45) is 1.27. The normalized spacial score (nSPS) is 13.7. The SMILES string of the molecule is C=CCCC(=O)N[C@@H](C)[C@@H](O)c1c(F)cccc1Cl. The first-order valence-electron chi connectivity index (χ1n) is 5.99. The molecule has 2 atom stereocenters. The van der Waals surface area contributed by atoms with Gasteiger partial charge in [-0.25, -0.2) is 4.39 Å². The molecule has 0 aliphatic carbocycles. The Hall–Kier alpha value is -1.39. The van der Waals surface area contributed by atoms with Gasteiger partial charge in [-0.3, -0.25) is 4.79 Å². The summed E-state index contributed by atoms with van der Waals surface area (Å²) >= 11 is 5.86. The summed E-state index contributed by atoms with van der Waals surface area (Å²) in [7, 11) is 0. The predicted octanol–water partition coefficient (Wildman–Crippen LogP) is 2.98. The highest BCUT2D eigenvalue weighted by atomic mass is 35.5. The summed E-state index contributed by atoms with van der Waals surface area (Å²) in [5, 5.41) is 12.8. The minimum atomic E-state index is -1.19. The number of carbonyl (C=O) groups excluding carboxylic acids is 1. The van der Waals surface area contributed by atoms with Crippen LogP contribution in [0.4, 0.5) is 4.39 Å². The van der Waals surface area contributed by atoms with Crippen molar-refractivity contribution in [3.8, 4) is 0 Å². The van der Waals surface area contributed by atoms with Crippen LogP contribution in [0.3, 0.4) is 0 Å². The maximum Gasteiger partial charge on any atom is 0.220 e. The number of allylic oxidation sites excluding steroid dienone is 1. The van der Waals surface area contributed by atoms with Crippen LogP contribution in [-0.4, -0.2) is 17.1 Å². The molecule has 1 rings (SSSR count). The van der Waals surface area contributed by atoms with Crippen molar-refractivity contribution in [2.45, 2.75) is 31.9 Å². The van der Waals surface area contributed by atoms with Crippen molar-refractivity contribution in [2.75, 3.05) is 0 Å². The van der Waals surface area contributed by atoms with Crippen molar-refractivity contribution in [1.82, 2.24) is 5.32 Å². The highest BCUT2D eigenvalue weighted by Crippen LogP contribution is 2.27. The molecule has 0 aromatic heterocycles. The molecule has 0 radical (unpaired) electrons. The molecule has 0 aliphatic rings. The number of rotatable bonds is 6. The van der Waals surface area contributed by atoms with Crippen LogP contribution in [0.15, 0.2) is 30.9 Å². The second kappa shape index (κ2) is 7.26. The summed E-state index contributed by atoms with van der Waals surface area (Å²) < 4.78 is 13.6. The van der Waals surface area contributed by atoms with Gasteiger partial charge in [0.1, 0.15) is 11.9 Å². The Morgan fingerprint density at radius 2 is 2.32 bits per heavy atom. The van der Waals surface area contributed by atoms with E-state index in [1.807, 2.05) is 0 Å². The molecule has 0 saturated heterocycles. The molecule has 0 spiro atoms. The van der Waals surface area contributed by atoms with Crippen molar-refractivity contribution in [1.29, 1.82) is 0 Å². The molecule has 5 heteroatoms. The summed E-state index contributed by atoms with van der Waals surface area (Å²) in [4.78, 5) is 11.5. The summed E-state index contributed by atoms with van der Waals surface area (Å²) in [6.45, 7) is 5.12. The second-order valence-electron chi connectivity index (χ2n) is 4.26. The topological polar surface area (TPSA) is 49.3 Å². The molecular formula is C14H17ClFNO2. The molecule has 2 N–H and O–H groups in total. The molecule has 1 amide bonds. The van der Waals surface area contributed by atoms with Gasteiger partial charge in [0, 0.05) is 17.0 Å². The molecule has 0 unspecified atom stereocenters. The van der Waals surface area contributed by atoms with Crippen molar-refractivity contribution in [3.05, 3.63) is 47.3 Å². The number of nitrogens with one attached hydrogen (secondary N) is 1. The highest BCUT2D eigenvalue weighted by molar-refractivity contribution is 6.31. The van der Waals surface area contributed by atoms with Gasteiger partial charge < -0.3 is 10.4 Å². The van der Waals surface area contributed by atoms with E-state index in [1.54, 1.807) is 13.0 Å². The van der Waals surface area contributed by atoms with Gasteiger partial charge in [0.25, 0.3) is 0 Å². The van der Waals surface area contributed by atoms with Crippen LogP contribution in [0.5, 0.6) is 0 Å². The highest BCUT2D eigenvalue weighted by Gasteiger charge is 2.23. The lowest BCUT2D eigenvalue weighted by Crippen LogP contribution is -2.37. The van der Waals surface area contributed by atoms with E-state index in [4.69, 9.17) is 11.6 Å². The number of aliphatic hydroxyl groups excluding tert-OH is 1. The molecule has 1 aromatic carbocycles. The Balaban J connectivity index is 2.74. The number of benzene rings is 1. The maximum absolute atomic E-state index is 13.6. The average molecular weight is 286 g/mol. The monoisotopic (exact) mass is 285 g/mol. The smallest absolute Gasteiger partial charge is 0.220 e. The fraction of sp³-hybridized carbons (Fsp3) is 0.357. The van der Waals surface area contributed by atoms with E-state index < -0.39 is 18.0 Å². The molecule has 1 aromatic rings. The third kappa shape index (κ3) is 4.33. The fourth-order valence-electron chi connectivity index (χ4n) is 1.68. The van der Waals surface area contributed by atoms with Gasteiger partial charge in [-0.15, -0.1) is 6.58 Å². The van der Waals surface area contributed by atoms with E-state index in [2.05, 4.69) is 11.9 Å². The van der Waals surface area contributed by atoms with Crippen LogP contribution < -0.4 is 5.32 Å². The van der Waals surface area contributed by atoms with Crippen molar-refractivity contribution < 1.29 is 14.3 Å². The first-order chi connectivity index (χ1) is 8.97. The lowest BCUT2D eigenvalue weighted by molar-refractivity contribution is -0.122. The second-order valence-corrected chi connectivity index (χ2v) is 4.67. The molecule has 0 heterocycles. The standard InChI is InChI=1S/C14H17ClFNO2/c1-3-4-8-12(18)17-9(2)14(19)13-10(15)6-5-7-11(13)16/h3,5-7,9,14,19H,1,4,8H2,2H3,(H,17,18)/t9-,14+/m0/s1. The van der Waals surface area contributed by atoms with Gasteiger partial charge in [-0.1, -0.05) is 23.7 Å². The molecular weight excluding hydrogens is 269 g/mol. The van der Waals surface area contributed by atoms with Crippen molar-refractivity contribution in [2.24, 2.45) is 0 Å². The van der Waals surface area contributed by atoms with Crippen molar-refractivity contribution >= 4 is 17.5 Å². The Kier molecular flexibility index (Phi) is 5.99. The summed E-state index contributed by atoms with van der Waals surface area (Å²) in [5.41, 5.74) is 0.000636. The van der Waals surface area contributed by atoms with E-state index >= 15 is 0 Å². The Bertz CT molecular complexity index is 445.